The molecule has 0 aromatic heterocycles. The van der Waals surface area contributed by atoms with Crippen molar-refractivity contribution in [1.29, 1.82) is 10.5 Å². The van der Waals surface area contributed by atoms with E-state index in [1.807, 2.05) is 39.8 Å². The van der Waals surface area contributed by atoms with Gasteiger partial charge in [-0.25, -0.2) is 0 Å². The first-order chi connectivity index (χ1) is 7.89. The Balaban J connectivity index is 3.13. The van der Waals surface area contributed by atoms with Crippen molar-refractivity contribution in [3.8, 4) is 12.1 Å². The zero-order chi connectivity index (χ0) is 13.1. The number of benzene rings is 1. The van der Waals surface area contributed by atoms with E-state index < -0.39 is 5.41 Å². The summed E-state index contributed by atoms with van der Waals surface area (Å²) in [6.07, 6.45) is 0.743. The summed E-state index contributed by atoms with van der Waals surface area (Å²) in [4.78, 5) is 0. The third-order valence-corrected chi connectivity index (χ3v) is 2.90. The highest BCUT2D eigenvalue weighted by Gasteiger charge is 2.20. The van der Waals surface area contributed by atoms with Crippen LogP contribution in [0.15, 0.2) is 18.2 Å². The Morgan fingerprint density at radius 2 is 1.88 bits per heavy atom. The van der Waals surface area contributed by atoms with E-state index in [4.69, 9.17) is 10.5 Å². The van der Waals surface area contributed by atoms with Gasteiger partial charge in [0.2, 0.25) is 0 Å². The van der Waals surface area contributed by atoms with Gasteiger partial charge in [0.15, 0.2) is 0 Å². The molecule has 0 aliphatic carbocycles. The molecule has 0 bridgehead atoms. The third kappa shape index (κ3) is 3.33. The van der Waals surface area contributed by atoms with Crippen molar-refractivity contribution in [1.82, 2.24) is 0 Å². The molecule has 2 nitrogen and oxygen atoms in total. The normalized spacial score (nSPS) is 12.6. The molecule has 0 amide bonds. The fraction of sp³-hybridized carbons (Fsp3) is 0.467. The molecule has 1 aromatic carbocycles. The minimum absolute atomic E-state index is 0.00912. The molecule has 2 heteroatoms. The monoisotopic (exact) mass is 226 g/mol. The lowest BCUT2D eigenvalue weighted by atomic mass is 9.83. The van der Waals surface area contributed by atoms with E-state index in [0.717, 1.165) is 23.1 Å². The van der Waals surface area contributed by atoms with Crippen LogP contribution in [0.1, 0.15) is 37.5 Å². The number of nitriles is 2. The van der Waals surface area contributed by atoms with Gasteiger partial charge in [-0.15, -0.1) is 0 Å². The molecule has 0 radical (unpaired) electrons. The van der Waals surface area contributed by atoms with Gasteiger partial charge in [-0.05, 0) is 45.2 Å². The van der Waals surface area contributed by atoms with Crippen LogP contribution in [0.3, 0.4) is 0 Å². The van der Waals surface area contributed by atoms with Gasteiger partial charge in [0.05, 0.1) is 17.6 Å². The first-order valence-electron chi connectivity index (χ1n) is 5.81. The molecule has 1 unspecified atom stereocenters. The quantitative estimate of drug-likeness (QED) is 0.792. The second-order valence-electron chi connectivity index (χ2n) is 5.18. The molecule has 0 spiro atoms. The Labute approximate surface area is 104 Å². The molecule has 0 aliphatic rings. The maximum atomic E-state index is 9.15. The van der Waals surface area contributed by atoms with Crippen molar-refractivity contribution < 1.29 is 0 Å². The minimum atomic E-state index is -0.476. The molecule has 0 saturated carbocycles. The van der Waals surface area contributed by atoms with Gasteiger partial charge >= 0.3 is 0 Å². The van der Waals surface area contributed by atoms with E-state index in [2.05, 4.69) is 18.2 Å². The Bertz CT molecular complexity index is 487. The van der Waals surface area contributed by atoms with Crippen LogP contribution in [0.25, 0.3) is 0 Å². The van der Waals surface area contributed by atoms with Crippen LogP contribution in [0.4, 0.5) is 0 Å². The smallest absolute Gasteiger partial charge is 0.0766 e. The van der Waals surface area contributed by atoms with Gasteiger partial charge in [0, 0.05) is 5.92 Å². The Kier molecular flexibility index (Phi) is 3.92. The van der Waals surface area contributed by atoms with Gasteiger partial charge in [0.1, 0.15) is 0 Å². The van der Waals surface area contributed by atoms with Gasteiger partial charge in [-0.3, -0.25) is 0 Å². The molecule has 0 heterocycles. The van der Waals surface area contributed by atoms with Gasteiger partial charge in [-0.1, -0.05) is 23.8 Å². The van der Waals surface area contributed by atoms with Crippen LogP contribution >= 0.6 is 0 Å². The van der Waals surface area contributed by atoms with Crippen LogP contribution < -0.4 is 0 Å². The van der Waals surface area contributed by atoms with E-state index in [1.165, 1.54) is 0 Å². The Morgan fingerprint density at radius 3 is 2.41 bits per heavy atom. The fourth-order valence-electron chi connectivity index (χ4n) is 1.80. The first-order valence-corrected chi connectivity index (χ1v) is 5.81. The summed E-state index contributed by atoms with van der Waals surface area (Å²) < 4.78 is 0. The summed E-state index contributed by atoms with van der Waals surface area (Å²) in [5.74, 6) is 0.00912. The fourth-order valence-corrected chi connectivity index (χ4v) is 1.80. The third-order valence-electron chi connectivity index (χ3n) is 2.90. The van der Waals surface area contributed by atoms with Crippen molar-refractivity contribution in [2.75, 3.05) is 0 Å². The highest BCUT2D eigenvalue weighted by atomic mass is 14.3. The van der Waals surface area contributed by atoms with Gasteiger partial charge in [-0.2, -0.15) is 10.5 Å². The summed E-state index contributed by atoms with van der Waals surface area (Å²) in [6.45, 7) is 7.77. The molecule has 1 atom stereocenters. The van der Waals surface area contributed by atoms with Crippen LogP contribution in [-0.4, -0.2) is 0 Å². The van der Waals surface area contributed by atoms with Crippen LogP contribution in [0.2, 0.25) is 0 Å². The number of aryl methyl sites for hydroxylation is 1. The molecule has 17 heavy (non-hydrogen) atoms. The van der Waals surface area contributed by atoms with Crippen LogP contribution in [0.5, 0.6) is 0 Å². The molecular formula is C15H18N2. The van der Waals surface area contributed by atoms with E-state index in [-0.39, 0.29) is 5.92 Å². The summed E-state index contributed by atoms with van der Waals surface area (Å²) in [5.41, 5.74) is 2.83. The highest BCUT2D eigenvalue weighted by Crippen LogP contribution is 2.25. The lowest BCUT2D eigenvalue weighted by Gasteiger charge is -2.18. The molecule has 0 N–H and O–H groups in total. The van der Waals surface area contributed by atoms with Crippen molar-refractivity contribution in [2.24, 2.45) is 5.92 Å². The molecule has 1 rings (SSSR count). The van der Waals surface area contributed by atoms with E-state index in [1.54, 1.807) is 0 Å². The molecule has 0 fully saturated rings. The maximum absolute atomic E-state index is 9.15. The first kappa shape index (κ1) is 13.3. The van der Waals surface area contributed by atoms with Crippen molar-refractivity contribution in [2.45, 2.75) is 39.5 Å². The summed E-state index contributed by atoms with van der Waals surface area (Å²) in [6, 6.07) is 10.7. The van der Waals surface area contributed by atoms with Crippen molar-refractivity contribution in [3.05, 3.63) is 34.9 Å². The molecule has 0 saturated heterocycles. The highest BCUT2D eigenvalue weighted by molar-refractivity contribution is 5.37. The van der Waals surface area contributed by atoms with Gasteiger partial charge in [0.25, 0.3) is 0 Å². The lowest BCUT2D eigenvalue weighted by Crippen LogP contribution is -2.14. The predicted octanol–water partition coefficient (Wildman–Crippen LogP) is 3.50. The molecular weight excluding hydrogens is 208 g/mol. The topological polar surface area (TPSA) is 47.6 Å². The zero-order valence-corrected chi connectivity index (χ0v) is 10.9. The second kappa shape index (κ2) is 5.02. The average Bonchev–Trinajstić information content (AvgIpc) is 2.28. The van der Waals surface area contributed by atoms with Crippen molar-refractivity contribution in [3.63, 3.8) is 0 Å². The summed E-state index contributed by atoms with van der Waals surface area (Å²) >= 11 is 0. The van der Waals surface area contributed by atoms with Crippen LogP contribution in [-0.2, 0) is 11.8 Å². The number of rotatable bonds is 3. The minimum Gasteiger partial charge on any atom is -0.198 e. The zero-order valence-electron chi connectivity index (χ0n) is 10.9. The standard InChI is InChI=1S/C15H18N2/c1-11-5-13(6-12(2)9-16)8-14(7-11)15(3,4)10-17/h5,7-8,12H,6H2,1-4H3. The Hall–Kier alpha value is -1.80. The molecule has 1 aromatic rings. The summed E-state index contributed by atoms with van der Waals surface area (Å²) in [7, 11) is 0. The predicted molar refractivity (Wildman–Crippen MR) is 68.3 cm³/mol. The number of hydrogen-bond donors (Lipinski definition) is 0. The van der Waals surface area contributed by atoms with E-state index in [0.29, 0.717) is 0 Å². The van der Waals surface area contributed by atoms with E-state index >= 15 is 0 Å². The van der Waals surface area contributed by atoms with Crippen molar-refractivity contribution >= 4 is 0 Å². The Morgan fingerprint density at radius 1 is 1.24 bits per heavy atom. The molecule has 88 valence electrons. The van der Waals surface area contributed by atoms with E-state index in [9.17, 15) is 0 Å². The maximum Gasteiger partial charge on any atom is 0.0766 e. The number of hydrogen-bond acceptors (Lipinski definition) is 2. The second-order valence-corrected chi connectivity index (χ2v) is 5.18. The largest absolute Gasteiger partial charge is 0.198 e. The molecule has 0 aliphatic heterocycles. The van der Waals surface area contributed by atoms with Crippen LogP contribution in [0, 0.1) is 35.5 Å². The average molecular weight is 226 g/mol. The lowest BCUT2D eigenvalue weighted by molar-refractivity contribution is 0.679. The summed E-state index contributed by atoms with van der Waals surface area (Å²) in [5, 5.41) is 18.0. The van der Waals surface area contributed by atoms with Gasteiger partial charge < -0.3 is 0 Å². The number of nitrogens with zero attached hydrogens (tertiary/aromatic N) is 2. The SMILES string of the molecule is Cc1cc(CC(C)C#N)cc(C(C)(C)C#N)c1.